The molecule has 0 radical (unpaired) electrons. The molecule has 1 saturated heterocycles. The molecule has 7 heteroatoms. The van der Waals surface area contributed by atoms with Crippen LogP contribution in [0.5, 0.6) is 0 Å². The number of aliphatic hydroxyl groups is 1. The summed E-state index contributed by atoms with van der Waals surface area (Å²) in [4.78, 5) is 10.5. The average molecular weight is 376 g/mol. The lowest BCUT2D eigenvalue weighted by molar-refractivity contribution is 0.00992. The lowest BCUT2D eigenvalue weighted by Gasteiger charge is -2.41. The van der Waals surface area contributed by atoms with Gasteiger partial charge in [0.25, 0.3) is 6.43 Å². The first kappa shape index (κ1) is 18.5. The fourth-order valence-electron chi connectivity index (χ4n) is 4.39. The molecular weight excluding hydrogens is 350 g/mol. The number of piperidine rings is 1. The maximum absolute atomic E-state index is 13.2. The normalized spacial score (nSPS) is 25.2. The van der Waals surface area contributed by atoms with Gasteiger partial charge in [0.1, 0.15) is 5.82 Å². The molecule has 2 atom stereocenters. The molecule has 1 aromatic carbocycles. The minimum Gasteiger partial charge on any atom is -0.391 e. The topological polar surface area (TPSA) is 61.3 Å². The average Bonchev–Trinajstić information content (AvgIpc) is 2.69. The number of rotatable bonds is 4. The van der Waals surface area contributed by atoms with Crippen molar-refractivity contribution in [3.8, 4) is 0 Å². The van der Waals surface area contributed by atoms with Crippen molar-refractivity contribution in [2.45, 2.75) is 63.1 Å². The molecule has 0 amide bonds. The minimum atomic E-state index is -2.69. The van der Waals surface area contributed by atoms with Gasteiger partial charge in [-0.1, -0.05) is 25.0 Å². The summed E-state index contributed by atoms with van der Waals surface area (Å²) in [5.74, 6) is 0.0611. The van der Waals surface area contributed by atoms with Crippen molar-refractivity contribution in [2.24, 2.45) is 0 Å². The highest BCUT2D eigenvalue weighted by Gasteiger charge is 2.31. The molecule has 1 aliphatic carbocycles. The van der Waals surface area contributed by atoms with Crippen molar-refractivity contribution in [2.75, 3.05) is 18.4 Å². The third kappa shape index (κ3) is 4.04. The molecular formula is C20H26F2N4O. The number of aliphatic hydroxyl groups excluding tert-OH is 1. The van der Waals surface area contributed by atoms with E-state index >= 15 is 0 Å². The molecule has 27 heavy (non-hydrogen) atoms. The van der Waals surface area contributed by atoms with Crippen molar-refractivity contribution >= 4 is 16.7 Å². The van der Waals surface area contributed by atoms with Gasteiger partial charge < -0.3 is 10.4 Å². The van der Waals surface area contributed by atoms with Crippen LogP contribution in [-0.2, 0) is 0 Å². The molecule has 0 spiro atoms. The fraction of sp³-hybridized carbons (Fsp3) is 0.600. The first-order valence-corrected chi connectivity index (χ1v) is 9.85. The SMILES string of the molecule is OC1CCCCC1N1CCC(Nc2nc(C(F)F)nc3ccccc23)CC1. The molecule has 0 bridgehead atoms. The highest BCUT2D eigenvalue weighted by Crippen LogP contribution is 2.29. The van der Waals surface area contributed by atoms with Crippen LogP contribution in [0, 0.1) is 0 Å². The van der Waals surface area contributed by atoms with Crippen molar-refractivity contribution in [3.05, 3.63) is 30.1 Å². The Hall–Kier alpha value is -1.86. The number of hydrogen-bond acceptors (Lipinski definition) is 5. The fourth-order valence-corrected chi connectivity index (χ4v) is 4.39. The van der Waals surface area contributed by atoms with Crippen LogP contribution in [0.3, 0.4) is 0 Å². The van der Waals surface area contributed by atoms with Gasteiger partial charge in [-0.05, 0) is 37.8 Å². The molecule has 2 aromatic rings. The van der Waals surface area contributed by atoms with Crippen LogP contribution in [0.2, 0.25) is 0 Å². The van der Waals surface area contributed by atoms with Crippen molar-refractivity contribution in [1.29, 1.82) is 0 Å². The van der Waals surface area contributed by atoms with Crippen molar-refractivity contribution in [3.63, 3.8) is 0 Å². The van der Waals surface area contributed by atoms with Crippen LogP contribution in [0.15, 0.2) is 24.3 Å². The van der Waals surface area contributed by atoms with Crippen LogP contribution in [0.25, 0.3) is 10.9 Å². The monoisotopic (exact) mass is 376 g/mol. The van der Waals surface area contributed by atoms with Crippen LogP contribution in [0.4, 0.5) is 14.6 Å². The Morgan fingerprint density at radius 3 is 2.52 bits per heavy atom. The van der Waals surface area contributed by atoms with Gasteiger partial charge in [0.2, 0.25) is 0 Å². The molecule has 2 heterocycles. The Morgan fingerprint density at radius 1 is 1.04 bits per heavy atom. The second-order valence-corrected chi connectivity index (χ2v) is 7.62. The third-order valence-electron chi connectivity index (χ3n) is 5.85. The Bertz CT molecular complexity index is 780. The van der Waals surface area contributed by atoms with Crippen LogP contribution in [-0.4, -0.2) is 51.3 Å². The van der Waals surface area contributed by atoms with Crippen LogP contribution < -0.4 is 5.32 Å². The molecule has 4 rings (SSSR count). The van der Waals surface area contributed by atoms with Gasteiger partial charge in [-0.15, -0.1) is 0 Å². The zero-order chi connectivity index (χ0) is 18.8. The number of anilines is 1. The zero-order valence-corrected chi connectivity index (χ0v) is 15.3. The molecule has 2 N–H and O–H groups in total. The standard InChI is InChI=1S/C20H26F2N4O/c21-18(22)20-24-15-6-2-1-5-14(15)19(25-20)23-13-9-11-26(12-10-13)16-7-3-4-8-17(16)27/h1-2,5-6,13,16-18,27H,3-4,7-12H2,(H,23,24,25). The summed E-state index contributed by atoms with van der Waals surface area (Å²) in [7, 11) is 0. The molecule has 5 nitrogen and oxygen atoms in total. The summed E-state index contributed by atoms with van der Waals surface area (Å²) < 4.78 is 26.3. The number of aromatic nitrogens is 2. The van der Waals surface area contributed by atoms with E-state index in [1.807, 2.05) is 12.1 Å². The Morgan fingerprint density at radius 2 is 1.78 bits per heavy atom. The summed E-state index contributed by atoms with van der Waals surface area (Å²) in [6.07, 6.45) is 3.16. The van der Waals surface area contributed by atoms with E-state index in [0.29, 0.717) is 11.3 Å². The van der Waals surface area contributed by atoms with Gasteiger partial charge in [-0.3, -0.25) is 4.90 Å². The largest absolute Gasteiger partial charge is 0.391 e. The molecule has 1 aliphatic heterocycles. The highest BCUT2D eigenvalue weighted by molar-refractivity contribution is 5.89. The van der Waals surface area contributed by atoms with Crippen molar-refractivity contribution in [1.82, 2.24) is 14.9 Å². The predicted molar refractivity (Wildman–Crippen MR) is 101 cm³/mol. The summed E-state index contributed by atoms with van der Waals surface area (Å²) in [6, 6.07) is 7.71. The summed E-state index contributed by atoms with van der Waals surface area (Å²) in [6.45, 7) is 1.81. The smallest absolute Gasteiger partial charge is 0.297 e. The summed E-state index contributed by atoms with van der Waals surface area (Å²) in [5.41, 5.74) is 0.535. The lowest BCUT2D eigenvalue weighted by atomic mass is 9.89. The number of alkyl halides is 2. The van der Waals surface area contributed by atoms with E-state index in [-0.39, 0.29) is 18.2 Å². The van der Waals surface area contributed by atoms with Gasteiger partial charge in [-0.25, -0.2) is 18.7 Å². The number of fused-ring (bicyclic) bond motifs is 1. The van der Waals surface area contributed by atoms with Crippen LogP contribution >= 0.6 is 0 Å². The molecule has 2 unspecified atom stereocenters. The molecule has 2 aliphatic rings. The molecule has 1 saturated carbocycles. The molecule has 2 fully saturated rings. The number of nitrogens with zero attached hydrogens (tertiary/aromatic N) is 3. The second-order valence-electron chi connectivity index (χ2n) is 7.62. The summed E-state index contributed by atoms with van der Waals surface area (Å²) in [5, 5.41) is 14.4. The Balaban J connectivity index is 1.46. The molecule has 146 valence electrons. The van der Waals surface area contributed by atoms with Crippen LogP contribution in [0.1, 0.15) is 50.8 Å². The van der Waals surface area contributed by atoms with Gasteiger partial charge in [0.05, 0.1) is 11.6 Å². The second kappa shape index (κ2) is 8.02. The predicted octanol–water partition coefficient (Wildman–Crippen LogP) is 3.75. The number of nitrogens with one attached hydrogen (secondary N) is 1. The first-order chi connectivity index (χ1) is 13.1. The Kier molecular flexibility index (Phi) is 5.50. The van der Waals surface area contributed by atoms with E-state index in [1.165, 1.54) is 6.42 Å². The maximum atomic E-state index is 13.2. The van der Waals surface area contributed by atoms with E-state index in [1.54, 1.807) is 12.1 Å². The highest BCUT2D eigenvalue weighted by atomic mass is 19.3. The third-order valence-corrected chi connectivity index (χ3v) is 5.85. The maximum Gasteiger partial charge on any atom is 0.297 e. The number of halogens is 2. The van der Waals surface area contributed by atoms with Gasteiger partial charge in [0, 0.05) is 30.6 Å². The first-order valence-electron chi connectivity index (χ1n) is 9.85. The van der Waals surface area contributed by atoms with Gasteiger partial charge in [0.15, 0.2) is 5.82 Å². The van der Waals surface area contributed by atoms with Gasteiger partial charge in [-0.2, -0.15) is 0 Å². The van der Waals surface area contributed by atoms with Crippen molar-refractivity contribution < 1.29 is 13.9 Å². The van der Waals surface area contributed by atoms with E-state index in [9.17, 15) is 13.9 Å². The van der Waals surface area contributed by atoms with E-state index < -0.39 is 12.2 Å². The number of hydrogen-bond donors (Lipinski definition) is 2. The number of benzene rings is 1. The molecule has 1 aromatic heterocycles. The number of para-hydroxylation sites is 1. The summed E-state index contributed by atoms with van der Waals surface area (Å²) >= 11 is 0. The lowest BCUT2D eigenvalue weighted by Crippen LogP contribution is -2.50. The number of likely N-dealkylation sites (tertiary alicyclic amines) is 1. The van der Waals surface area contributed by atoms with E-state index in [0.717, 1.165) is 50.6 Å². The zero-order valence-electron chi connectivity index (χ0n) is 15.3. The quantitative estimate of drug-likeness (QED) is 0.851. The van der Waals surface area contributed by atoms with Gasteiger partial charge >= 0.3 is 0 Å². The van der Waals surface area contributed by atoms with E-state index in [2.05, 4.69) is 20.2 Å². The van der Waals surface area contributed by atoms with E-state index in [4.69, 9.17) is 0 Å². The Labute approximate surface area is 157 Å². The minimum absolute atomic E-state index is 0.186.